The fourth-order valence-corrected chi connectivity index (χ4v) is 2.52. The number of imidazole rings is 1. The first-order valence-electron chi connectivity index (χ1n) is 7.51. The van der Waals surface area contributed by atoms with Gasteiger partial charge in [0.1, 0.15) is 6.04 Å². The van der Waals surface area contributed by atoms with Crippen LogP contribution in [0, 0.1) is 5.92 Å². The number of aromatic nitrogens is 2. The van der Waals surface area contributed by atoms with Crippen LogP contribution in [0.15, 0.2) is 23.0 Å². The first kappa shape index (κ1) is 16.8. The first-order chi connectivity index (χ1) is 10.7. The fourth-order valence-electron chi connectivity index (χ4n) is 2.52. The van der Waals surface area contributed by atoms with Gasteiger partial charge in [-0.1, -0.05) is 13.8 Å². The van der Waals surface area contributed by atoms with Gasteiger partial charge in [0, 0.05) is 6.54 Å². The van der Waals surface area contributed by atoms with E-state index in [1.165, 1.54) is 23.6 Å². The van der Waals surface area contributed by atoms with Gasteiger partial charge in [-0.15, -0.1) is 0 Å². The zero-order valence-corrected chi connectivity index (χ0v) is 13.4. The average Bonchev–Trinajstić information content (AvgIpc) is 2.74. The molecule has 23 heavy (non-hydrogen) atoms. The van der Waals surface area contributed by atoms with E-state index in [0.717, 1.165) is 6.42 Å². The molecule has 1 amide bonds. The third kappa shape index (κ3) is 3.13. The van der Waals surface area contributed by atoms with Gasteiger partial charge in [-0.2, -0.15) is 0 Å². The van der Waals surface area contributed by atoms with E-state index in [2.05, 4.69) is 13.8 Å². The predicted molar refractivity (Wildman–Crippen MR) is 86.5 cm³/mol. The van der Waals surface area contributed by atoms with Gasteiger partial charge in [0.2, 0.25) is 5.91 Å². The molecule has 1 aromatic heterocycles. The van der Waals surface area contributed by atoms with Crippen LogP contribution in [0.25, 0.3) is 11.0 Å². The molecular weight excluding hydrogens is 298 g/mol. The number of rotatable bonds is 6. The maximum atomic E-state index is 12.7. The van der Waals surface area contributed by atoms with E-state index in [-0.39, 0.29) is 11.3 Å². The van der Waals surface area contributed by atoms with E-state index in [0.29, 0.717) is 23.5 Å². The molecular formula is C16H21N3O4. The second-order valence-electron chi connectivity index (χ2n) is 6.07. The molecule has 0 radical (unpaired) electrons. The van der Waals surface area contributed by atoms with Gasteiger partial charge < -0.3 is 10.8 Å². The molecule has 0 aliphatic heterocycles. The lowest BCUT2D eigenvalue weighted by Crippen LogP contribution is -2.33. The van der Waals surface area contributed by atoms with Crippen molar-refractivity contribution in [3.05, 3.63) is 34.2 Å². The van der Waals surface area contributed by atoms with Gasteiger partial charge in [-0.05, 0) is 37.5 Å². The molecule has 124 valence electrons. The van der Waals surface area contributed by atoms with E-state index in [1.54, 1.807) is 10.6 Å². The highest BCUT2D eigenvalue weighted by atomic mass is 16.4. The molecule has 1 atom stereocenters. The smallest absolute Gasteiger partial charge is 0.335 e. The Labute approximate surface area is 133 Å². The Hall–Kier alpha value is -2.57. The summed E-state index contributed by atoms with van der Waals surface area (Å²) in [7, 11) is 0. The quantitative estimate of drug-likeness (QED) is 0.843. The molecule has 0 aliphatic carbocycles. The van der Waals surface area contributed by atoms with Gasteiger partial charge >= 0.3 is 11.7 Å². The Morgan fingerprint density at radius 3 is 2.39 bits per heavy atom. The lowest BCUT2D eigenvalue weighted by Gasteiger charge is -2.09. The first-order valence-corrected chi connectivity index (χ1v) is 7.51. The summed E-state index contributed by atoms with van der Waals surface area (Å²) < 4.78 is 2.84. The van der Waals surface area contributed by atoms with E-state index < -0.39 is 17.9 Å². The zero-order valence-electron chi connectivity index (χ0n) is 13.4. The van der Waals surface area contributed by atoms with Crippen molar-refractivity contribution in [2.75, 3.05) is 0 Å². The highest BCUT2D eigenvalue weighted by molar-refractivity contribution is 5.93. The normalized spacial score (nSPS) is 12.7. The van der Waals surface area contributed by atoms with Crippen LogP contribution >= 0.6 is 0 Å². The molecule has 0 bridgehead atoms. The van der Waals surface area contributed by atoms with E-state index in [9.17, 15) is 14.4 Å². The maximum absolute atomic E-state index is 12.7. The average molecular weight is 319 g/mol. The molecule has 0 unspecified atom stereocenters. The van der Waals surface area contributed by atoms with Crippen molar-refractivity contribution in [2.45, 2.75) is 39.8 Å². The summed E-state index contributed by atoms with van der Waals surface area (Å²) >= 11 is 0. The lowest BCUT2D eigenvalue weighted by atomic mass is 10.1. The number of hydrogen-bond donors (Lipinski definition) is 2. The van der Waals surface area contributed by atoms with Crippen LogP contribution in [0.1, 0.15) is 43.6 Å². The second kappa shape index (κ2) is 6.28. The van der Waals surface area contributed by atoms with Crippen molar-refractivity contribution < 1.29 is 14.7 Å². The van der Waals surface area contributed by atoms with Crippen LogP contribution in [0.2, 0.25) is 0 Å². The minimum Gasteiger partial charge on any atom is -0.478 e. The number of carbonyl (C=O) groups excluding carboxylic acids is 1. The van der Waals surface area contributed by atoms with Gasteiger partial charge in [-0.25, -0.2) is 9.59 Å². The molecule has 2 aromatic rings. The van der Waals surface area contributed by atoms with Crippen molar-refractivity contribution in [3.63, 3.8) is 0 Å². The van der Waals surface area contributed by atoms with E-state index in [1.807, 2.05) is 0 Å². The van der Waals surface area contributed by atoms with Crippen LogP contribution in [0.5, 0.6) is 0 Å². The van der Waals surface area contributed by atoms with Crippen molar-refractivity contribution in [3.8, 4) is 0 Å². The van der Waals surface area contributed by atoms with E-state index >= 15 is 0 Å². The van der Waals surface area contributed by atoms with Crippen LogP contribution in [0.4, 0.5) is 0 Å². The molecule has 7 heteroatoms. The number of carbonyl (C=O) groups is 2. The molecule has 1 aromatic carbocycles. The number of hydrogen-bond acceptors (Lipinski definition) is 3. The Bertz CT molecular complexity index is 817. The minimum absolute atomic E-state index is 0.0592. The van der Waals surface area contributed by atoms with Gasteiger partial charge in [0.15, 0.2) is 0 Å². The maximum Gasteiger partial charge on any atom is 0.335 e. The monoisotopic (exact) mass is 319 g/mol. The third-order valence-corrected chi connectivity index (χ3v) is 3.94. The molecule has 0 aliphatic rings. The molecule has 3 N–H and O–H groups in total. The minimum atomic E-state index is -1.09. The predicted octanol–water partition coefficient (Wildman–Crippen LogP) is 1.59. The third-order valence-electron chi connectivity index (χ3n) is 3.94. The van der Waals surface area contributed by atoms with Gasteiger partial charge in [0.25, 0.3) is 0 Å². The highest BCUT2D eigenvalue weighted by Crippen LogP contribution is 2.20. The number of aromatic carboxylic acids is 1. The van der Waals surface area contributed by atoms with E-state index in [4.69, 9.17) is 10.8 Å². The Balaban J connectivity index is 2.72. The number of nitrogens with zero attached hydrogens (tertiary/aromatic N) is 2. The molecule has 0 fully saturated rings. The Morgan fingerprint density at radius 2 is 1.87 bits per heavy atom. The van der Waals surface area contributed by atoms with Crippen LogP contribution in [0.3, 0.4) is 0 Å². The topological polar surface area (TPSA) is 107 Å². The van der Waals surface area contributed by atoms with Gasteiger partial charge in [0.05, 0.1) is 16.6 Å². The number of carboxylic acids is 1. The largest absolute Gasteiger partial charge is 0.478 e. The lowest BCUT2D eigenvalue weighted by molar-refractivity contribution is -0.120. The summed E-state index contributed by atoms with van der Waals surface area (Å²) in [5, 5.41) is 9.15. The summed E-state index contributed by atoms with van der Waals surface area (Å²) in [6, 6.07) is 3.61. The Kier molecular flexibility index (Phi) is 4.58. The molecule has 1 heterocycles. The van der Waals surface area contributed by atoms with Crippen molar-refractivity contribution >= 4 is 22.9 Å². The molecule has 2 rings (SSSR count). The summed E-state index contributed by atoms with van der Waals surface area (Å²) in [6.07, 6.45) is 0.796. The summed E-state index contributed by atoms with van der Waals surface area (Å²) in [4.78, 5) is 35.4. The summed E-state index contributed by atoms with van der Waals surface area (Å²) in [5.41, 5.74) is 6.05. The number of aryl methyl sites for hydroxylation is 1. The number of primary amides is 1. The SMILES string of the molecule is CC(C)CCn1c(=O)n([C@@H](C)C(N)=O)c2cc(C(=O)O)ccc21. The summed E-state index contributed by atoms with van der Waals surface area (Å²) in [6.45, 7) is 6.14. The number of carboxylic acid groups (broad SMARTS) is 1. The van der Waals surface area contributed by atoms with Crippen LogP contribution in [-0.2, 0) is 11.3 Å². The fraction of sp³-hybridized carbons (Fsp3) is 0.438. The summed E-state index contributed by atoms with van der Waals surface area (Å²) in [5.74, 6) is -1.32. The standard InChI is InChI=1S/C16H21N3O4/c1-9(2)6-7-18-12-5-4-11(15(21)22)8-13(12)19(16(18)23)10(3)14(17)20/h4-5,8-10H,6-7H2,1-3H3,(H2,17,20)(H,21,22)/t10-/m0/s1. The second-order valence-corrected chi connectivity index (χ2v) is 6.07. The number of benzene rings is 1. The van der Waals surface area contributed by atoms with Crippen LogP contribution in [-0.4, -0.2) is 26.1 Å². The number of fused-ring (bicyclic) bond motifs is 1. The van der Waals surface area contributed by atoms with Crippen molar-refractivity contribution in [1.82, 2.24) is 9.13 Å². The molecule has 0 spiro atoms. The molecule has 7 nitrogen and oxygen atoms in total. The van der Waals surface area contributed by atoms with Crippen molar-refractivity contribution in [2.24, 2.45) is 11.7 Å². The van der Waals surface area contributed by atoms with Crippen LogP contribution < -0.4 is 11.4 Å². The molecule has 0 saturated carbocycles. The van der Waals surface area contributed by atoms with Crippen molar-refractivity contribution in [1.29, 1.82) is 0 Å². The zero-order chi connectivity index (χ0) is 17.3. The highest BCUT2D eigenvalue weighted by Gasteiger charge is 2.22. The molecule has 0 saturated heterocycles. The number of amides is 1. The van der Waals surface area contributed by atoms with Gasteiger partial charge in [-0.3, -0.25) is 13.9 Å². The number of nitrogens with two attached hydrogens (primary N) is 1. The Morgan fingerprint density at radius 1 is 1.22 bits per heavy atom.